The van der Waals surface area contributed by atoms with Crippen LogP contribution in [0.25, 0.3) is 0 Å². The molecule has 0 saturated carbocycles. The van der Waals surface area contributed by atoms with Crippen molar-refractivity contribution in [2.45, 2.75) is 392 Å². The number of rotatable bonds is 63. The molecule has 0 heterocycles. The molecule has 0 aromatic rings. The quantitative estimate of drug-likeness (QED) is 0.0320. The van der Waals surface area contributed by atoms with Crippen molar-refractivity contribution in [1.82, 2.24) is 5.32 Å². The second-order valence-electron chi connectivity index (χ2n) is 23.2. The Morgan fingerprint density at radius 3 is 0.932 bits per heavy atom. The Morgan fingerprint density at radius 1 is 0.370 bits per heavy atom. The monoisotopic (exact) mass is 1030 g/mol. The van der Waals surface area contributed by atoms with E-state index in [0.717, 1.165) is 38.5 Å². The van der Waals surface area contributed by atoms with Crippen molar-refractivity contribution in [3.8, 4) is 0 Å². The van der Waals surface area contributed by atoms with Crippen molar-refractivity contribution >= 4 is 11.9 Å². The molecule has 0 saturated heterocycles. The molecule has 434 valence electrons. The summed E-state index contributed by atoms with van der Waals surface area (Å²) in [6.07, 6.45) is 76.9. The van der Waals surface area contributed by atoms with Crippen LogP contribution in [0.4, 0.5) is 0 Å². The SMILES string of the molecule is CCCCCCCCCCCCCCCCCCCCCCCCC/C=C/C(O)C(CO)NC(=O)CCCCCCCCCCCCCCCCCCCCOC(=O)CCCCCCCCCCCCCCC. The minimum atomic E-state index is -0.848. The van der Waals surface area contributed by atoms with E-state index in [1.54, 1.807) is 6.08 Å². The molecule has 73 heavy (non-hydrogen) atoms. The maximum Gasteiger partial charge on any atom is 0.305 e. The number of amides is 1. The van der Waals surface area contributed by atoms with Crippen molar-refractivity contribution in [2.75, 3.05) is 13.2 Å². The van der Waals surface area contributed by atoms with Crippen molar-refractivity contribution in [3.05, 3.63) is 12.2 Å². The Hall–Kier alpha value is -1.40. The molecule has 1 amide bonds. The normalized spacial score (nSPS) is 12.5. The van der Waals surface area contributed by atoms with Gasteiger partial charge in [0.25, 0.3) is 0 Å². The van der Waals surface area contributed by atoms with Crippen molar-refractivity contribution in [2.24, 2.45) is 0 Å². The zero-order valence-electron chi connectivity index (χ0n) is 49.6. The third-order valence-corrected chi connectivity index (χ3v) is 15.8. The fraction of sp³-hybridized carbons (Fsp3) is 0.940. The largest absolute Gasteiger partial charge is 0.466 e. The van der Waals surface area contributed by atoms with Gasteiger partial charge < -0.3 is 20.3 Å². The first-order chi connectivity index (χ1) is 36.0. The van der Waals surface area contributed by atoms with E-state index in [-0.39, 0.29) is 18.5 Å². The van der Waals surface area contributed by atoms with Gasteiger partial charge in [0.2, 0.25) is 5.91 Å². The van der Waals surface area contributed by atoms with Gasteiger partial charge in [0.05, 0.1) is 25.4 Å². The van der Waals surface area contributed by atoms with Crippen LogP contribution in [0.3, 0.4) is 0 Å². The highest BCUT2D eigenvalue weighted by Gasteiger charge is 2.18. The number of esters is 1. The minimum absolute atomic E-state index is 0.00920. The van der Waals surface area contributed by atoms with Gasteiger partial charge in [-0.15, -0.1) is 0 Å². The van der Waals surface area contributed by atoms with E-state index in [1.807, 2.05) is 6.08 Å². The second-order valence-corrected chi connectivity index (χ2v) is 23.2. The highest BCUT2D eigenvalue weighted by atomic mass is 16.5. The summed E-state index contributed by atoms with van der Waals surface area (Å²) in [5.74, 6) is -0.0579. The lowest BCUT2D eigenvalue weighted by Gasteiger charge is -2.20. The molecule has 6 heteroatoms. The van der Waals surface area contributed by atoms with Crippen LogP contribution in [0.5, 0.6) is 0 Å². The average Bonchev–Trinajstić information content (AvgIpc) is 3.39. The van der Waals surface area contributed by atoms with Gasteiger partial charge in [-0.1, -0.05) is 347 Å². The topological polar surface area (TPSA) is 95.9 Å². The van der Waals surface area contributed by atoms with Gasteiger partial charge >= 0.3 is 5.97 Å². The first-order valence-electron chi connectivity index (χ1n) is 33.5. The van der Waals surface area contributed by atoms with E-state index in [4.69, 9.17) is 4.74 Å². The van der Waals surface area contributed by atoms with E-state index < -0.39 is 12.1 Å². The summed E-state index contributed by atoms with van der Waals surface area (Å²) >= 11 is 0. The number of aliphatic hydroxyl groups is 2. The van der Waals surface area contributed by atoms with Crippen molar-refractivity contribution < 1.29 is 24.5 Å². The fourth-order valence-corrected chi connectivity index (χ4v) is 10.7. The molecule has 0 aliphatic carbocycles. The zero-order chi connectivity index (χ0) is 52.9. The molecule has 0 spiro atoms. The number of hydrogen-bond acceptors (Lipinski definition) is 5. The second kappa shape index (κ2) is 63.1. The number of ether oxygens (including phenoxy) is 1. The first kappa shape index (κ1) is 71.6. The summed E-state index contributed by atoms with van der Waals surface area (Å²) in [5.41, 5.74) is 0. The van der Waals surface area contributed by atoms with Crippen LogP contribution in [-0.4, -0.2) is 47.4 Å². The molecule has 0 aliphatic heterocycles. The van der Waals surface area contributed by atoms with Crippen LogP contribution in [0, 0.1) is 0 Å². The van der Waals surface area contributed by atoms with Crippen LogP contribution in [0.1, 0.15) is 380 Å². The molecule has 0 aromatic carbocycles. The zero-order valence-corrected chi connectivity index (χ0v) is 49.6. The van der Waals surface area contributed by atoms with Gasteiger partial charge in [-0.2, -0.15) is 0 Å². The molecule has 0 radical (unpaired) electrons. The van der Waals surface area contributed by atoms with Gasteiger partial charge in [-0.25, -0.2) is 0 Å². The summed E-state index contributed by atoms with van der Waals surface area (Å²) in [6, 6.07) is -0.631. The molecule has 0 fully saturated rings. The van der Waals surface area contributed by atoms with Crippen LogP contribution >= 0.6 is 0 Å². The predicted octanol–water partition coefficient (Wildman–Crippen LogP) is 21.2. The molecule has 3 N–H and O–H groups in total. The Labute approximate surface area is 457 Å². The standard InChI is InChI=1S/C67H131NO5/c1-3-5-7-9-11-13-15-17-18-19-20-21-22-23-24-25-26-29-32-36-39-43-47-51-55-59-65(70)64(63-69)68-66(71)60-56-52-48-44-40-37-33-30-27-28-31-34-38-42-46-50-54-58-62-73-67(72)61-57-53-49-45-41-35-16-14-12-10-8-6-4-2/h55,59,64-65,69-70H,3-54,56-58,60-63H2,1-2H3,(H,68,71)/b59-55+. The van der Waals surface area contributed by atoms with Crippen molar-refractivity contribution in [1.29, 1.82) is 0 Å². The highest BCUT2D eigenvalue weighted by molar-refractivity contribution is 5.76. The Kier molecular flexibility index (Phi) is 61.9. The smallest absolute Gasteiger partial charge is 0.305 e. The lowest BCUT2D eigenvalue weighted by molar-refractivity contribution is -0.143. The molecule has 0 bridgehead atoms. The van der Waals surface area contributed by atoms with Gasteiger partial charge in [0, 0.05) is 12.8 Å². The summed E-state index contributed by atoms with van der Waals surface area (Å²) in [5, 5.41) is 23.3. The number of allylic oxidation sites excluding steroid dienone is 1. The highest BCUT2D eigenvalue weighted by Crippen LogP contribution is 2.19. The molecule has 0 aromatic heterocycles. The van der Waals surface area contributed by atoms with Gasteiger partial charge in [-0.05, 0) is 32.1 Å². The maximum atomic E-state index is 12.5. The number of nitrogens with one attached hydrogen (secondary N) is 1. The summed E-state index contributed by atoms with van der Waals surface area (Å²) < 4.78 is 5.48. The number of hydrogen-bond donors (Lipinski definition) is 3. The number of unbranched alkanes of at least 4 members (excludes halogenated alkanes) is 52. The van der Waals surface area contributed by atoms with Crippen LogP contribution in [0.2, 0.25) is 0 Å². The average molecular weight is 1030 g/mol. The minimum Gasteiger partial charge on any atom is -0.466 e. The molecular weight excluding hydrogens is 899 g/mol. The van der Waals surface area contributed by atoms with Crippen LogP contribution in [-0.2, 0) is 14.3 Å². The van der Waals surface area contributed by atoms with Crippen LogP contribution < -0.4 is 5.32 Å². The molecule has 2 unspecified atom stereocenters. The Bertz CT molecular complexity index is 1100. The molecule has 2 atom stereocenters. The molecular formula is C67H131NO5. The molecule has 0 aliphatic rings. The lowest BCUT2D eigenvalue weighted by Crippen LogP contribution is -2.45. The van der Waals surface area contributed by atoms with Gasteiger partial charge in [0.15, 0.2) is 0 Å². The first-order valence-corrected chi connectivity index (χ1v) is 33.5. The van der Waals surface area contributed by atoms with Crippen molar-refractivity contribution in [3.63, 3.8) is 0 Å². The number of carbonyl (C=O) groups is 2. The van der Waals surface area contributed by atoms with E-state index >= 15 is 0 Å². The lowest BCUT2D eigenvalue weighted by atomic mass is 10.0. The number of carbonyl (C=O) groups excluding carboxylic acids is 2. The predicted molar refractivity (Wildman–Crippen MR) is 320 cm³/mol. The fourth-order valence-electron chi connectivity index (χ4n) is 10.7. The summed E-state index contributed by atoms with van der Waals surface area (Å²) in [6.45, 7) is 4.93. The Morgan fingerprint density at radius 2 is 0.630 bits per heavy atom. The van der Waals surface area contributed by atoms with Gasteiger partial charge in [-0.3, -0.25) is 9.59 Å². The van der Waals surface area contributed by atoms with Gasteiger partial charge in [0.1, 0.15) is 0 Å². The van der Waals surface area contributed by atoms with E-state index in [9.17, 15) is 19.8 Å². The Balaban J connectivity index is 3.43. The summed E-state index contributed by atoms with van der Waals surface area (Å²) in [4.78, 5) is 24.6. The maximum absolute atomic E-state index is 12.5. The third kappa shape index (κ3) is 59.7. The number of aliphatic hydroxyl groups excluding tert-OH is 2. The molecule has 6 nitrogen and oxygen atoms in total. The third-order valence-electron chi connectivity index (χ3n) is 15.8. The van der Waals surface area contributed by atoms with E-state index in [1.165, 1.54) is 315 Å². The van der Waals surface area contributed by atoms with Crippen LogP contribution in [0.15, 0.2) is 12.2 Å². The summed E-state index contributed by atoms with van der Waals surface area (Å²) in [7, 11) is 0. The molecule has 0 rings (SSSR count). The van der Waals surface area contributed by atoms with E-state index in [2.05, 4.69) is 19.2 Å². The van der Waals surface area contributed by atoms with E-state index in [0.29, 0.717) is 19.4 Å².